The van der Waals surface area contributed by atoms with Gasteiger partial charge in [-0.25, -0.2) is 4.98 Å². The van der Waals surface area contributed by atoms with E-state index in [1.54, 1.807) is 11.3 Å². The Morgan fingerprint density at radius 3 is 2.71 bits per heavy atom. The quantitative estimate of drug-likeness (QED) is 0.794. The number of hydrogen-bond acceptors (Lipinski definition) is 3. The lowest BCUT2D eigenvalue weighted by Crippen LogP contribution is -1.88. The van der Waals surface area contributed by atoms with Crippen molar-refractivity contribution < 1.29 is 0 Å². The van der Waals surface area contributed by atoms with E-state index in [1.165, 1.54) is 0 Å². The second-order valence-corrected chi connectivity index (χ2v) is 5.23. The van der Waals surface area contributed by atoms with Gasteiger partial charge in [0.2, 0.25) is 0 Å². The van der Waals surface area contributed by atoms with Crippen LogP contribution in [0.2, 0.25) is 0 Å². The van der Waals surface area contributed by atoms with E-state index in [0.29, 0.717) is 5.92 Å². The van der Waals surface area contributed by atoms with Crippen molar-refractivity contribution in [1.82, 2.24) is 4.98 Å². The minimum absolute atomic E-state index is 0.445. The Morgan fingerprint density at radius 1 is 1.35 bits per heavy atom. The van der Waals surface area contributed by atoms with Crippen LogP contribution in [-0.4, -0.2) is 4.98 Å². The van der Waals surface area contributed by atoms with E-state index in [4.69, 9.17) is 5.26 Å². The van der Waals surface area contributed by atoms with E-state index in [-0.39, 0.29) is 0 Å². The Kier molecular flexibility index (Phi) is 3.26. The van der Waals surface area contributed by atoms with Gasteiger partial charge in [0.1, 0.15) is 5.01 Å². The van der Waals surface area contributed by atoms with Crippen LogP contribution in [0.1, 0.15) is 36.6 Å². The maximum absolute atomic E-state index is 9.02. The lowest BCUT2D eigenvalue weighted by atomic mass is 10.1. The number of nitriles is 1. The molecule has 1 aromatic carbocycles. The SMILES string of the molecule is Cc1ccc(-c2nc(C(C)C)cs2)cc1C#N. The van der Waals surface area contributed by atoms with Gasteiger partial charge in [0.25, 0.3) is 0 Å². The average molecular weight is 242 g/mol. The first kappa shape index (κ1) is 11.8. The number of aromatic nitrogens is 1. The molecule has 17 heavy (non-hydrogen) atoms. The van der Waals surface area contributed by atoms with Crippen molar-refractivity contribution in [2.24, 2.45) is 0 Å². The molecule has 2 aromatic rings. The van der Waals surface area contributed by atoms with Crippen molar-refractivity contribution in [2.45, 2.75) is 26.7 Å². The molecule has 0 unspecified atom stereocenters. The summed E-state index contributed by atoms with van der Waals surface area (Å²) in [5.74, 6) is 0.445. The van der Waals surface area contributed by atoms with Crippen LogP contribution in [0.5, 0.6) is 0 Å². The van der Waals surface area contributed by atoms with Crippen LogP contribution >= 0.6 is 11.3 Å². The Hall–Kier alpha value is -1.66. The molecule has 0 radical (unpaired) electrons. The molecule has 0 spiro atoms. The molecule has 0 saturated heterocycles. The molecule has 1 aromatic heterocycles. The molecule has 3 heteroatoms. The Morgan fingerprint density at radius 2 is 2.12 bits per heavy atom. The van der Waals surface area contributed by atoms with Crippen LogP contribution in [0.15, 0.2) is 23.6 Å². The van der Waals surface area contributed by atoms with Crippen molar-refractivity contribution in [3.63, 3.8) is 0 Å². The highest BCUT2D eigenvalue weighted by Gasteiger charge is 2.08. The molecule has 2 nitrogen and oxygen atoms in total. The summed E-state index contributed by atoms with van der Waals surface area (Å²) in [5, 5.41) is 12.1. The van der Waals surface area contributed by atoms with Crippen LogP contribution in [0.25, 0.3) is 10.6 Å². The van der Waals surface area contributed by atoms with Gasteiger partial charge in [-0.1, -0.05) is 26.0 Å². The predicted molar refractivity (Wildman–Crippen MR) is 71.1 cm³/mol. The van der Waals surface area contributed by atoms with E-state index in [2.05, 4.69) is 30.3 Å². The van der Waals surface area contributed by atoms with Crippen LogP contribution in [-0.2, 0) is 0 Å². The molecule has 86 valence electrons. The van der Waals surface area contributed by atoms with E-state index < -0.39 is 0 Å². The molecule has 0 bridgehead atoms. The molecule has 2 rings (SSSR count). The number of benzene rings is 1. The maximum atomic E-state index is 9.02. The van der Waals surface area contributed by atoms with Gasteiger partial charge < -0.3 is 0 Å². The predicted octanol–water partition coefficient (Wildman–Crippen LogP) is 4.11. The minimum atomic E-state index is 0.445. The second-order valence-electron chi connectivity index (χ2n) is 4.37. The smallest absolute Gasteiger partial charge is 0.123 e. The lowest BCUT2D eigenvalue weighted by molar-refractivity contribution is 0.834. The van der Waals surface area contributed by atoms with E-state index in [1.807, 2.05) is 25.1 Å². The highest BCUT2D eigenvalue weighted by Crippen LogP contribution is 2.28. The standard InChI is InChI=1S/C14H14N2S/c1-9(2)13-8-17-14(16-13)11-5-4-10(3)12(6-11)7-15/h4-6,8-9H,1-3H3. The summed E-state index contributed by atoms with van der Waals surface area (Å²) in [6, 6.07) is 8.13. The molecule has 0 aliphatic carbocycles. The summed E-state index contributed by atoms with van der Waals surface area (Å²) in [5.41, 5.74) is 3.88. The zero-order valence-corrected chi connectivity index (χ0v) is 11.0. The summed E-state index contributed by atoms with van der Waals surface area (Å²) in [7, 11) is 0. The second kappa shape index (κ2) is 4.68. The monoisotopic (exact) mass is 242 g/mol. The molecule has 0 aliphatic heterocycles. The van der Waals surface area contributed by atoms with Crippen molar-refractivity contribution in [3.05, 3.63) is 40.4 Å². The van der Waals surface area contributed by atoms with Gasteiger partial charge in [0.05, 0.1) is 17.3 Å². The van der Waals surface area contributed by atoms with Crippen molar-refractivity contribution >= 4 is 11.3 Å². The first-order chi connectivity index (χ1) is 8.11. The van der Waals surface area contributed by atoms with Crippen molar-refractivity contribution in [3.8, 4) is 16.6 Å². The molecule has 1 heterocycles. The van der Waals surface area contributed by atoms with Gasteiger partial charge in [0.15, 0.2) is 0 Å². The summed E-state index contributed by atoms with van der Waals surface area (Å²) in [4.78, 5) is 4.59. The number of hydrogen-bond donors (Lipinski definition) is 0. The zero-order valence-electron chi connectivity index (χ0n) is 10.2. The number of nitrogens with zero attached hydrogens (tertiary/aromatic N) is 2. The molecule has 0 amide bonds. The molecule has 0 atom stereocenters. The van der Waals surface area contributed by atoms with Crippen molar-refractivity contribution in [2.75, 3.05) is 0 Å². The summed E-state index contributed by atoms with van der Waals surface area (Å²) < 4.78 is 0. The van der Waals surface area contributed by atoms with Crippen LogP contribution in [0, 0.1) is 18.3 Å². The fourth-order valence-corrected chi connectivity index (χ4v) is 2.54. The topological polar surface area (TPSA) is 36.7 Å². The number of aryl methyl sites for hydroxylation is 1. The third-order valence-corrected chi connectivity index (χ3v) is 3.63. The maximum Gasteiger partial charge on any atom is 0.123 e. The van der Waals surface area contributed by atoms with Gasteiger partial charge in [-0.15, -0.1) is 11.3 Å². The molecule has 0 N–H and O–H groups in total. The highest BCUT2D eigenvalue weighted by atomic mass is 32.1. The Bertz CT molecular complexity index is 576. The van der Waals surface area contributed by atoms with Crippen LogP contribution in [0.3, 0.4) is 0 Å². The van der Waals surface area contributed by atoms with E-state index in [9.17, 15) is 0 Å². The third kappa shape index (κ3) is 2.37. The van der Waals surface area contributed by atoms with Crippen molar-refractivity contribution in [1.29, 1.82) is 5.26 Å². The van der Waals surface area contributed by atoms with Crippen LogP contribution in [0.4, 0.5) is 0 Å². The summed E-state index contributed by atoms with van der Waals surface area (Å²) in [6.07, 6.45) is 0. The minimum Gasteiger partial charge on any atom is -0.241 e. The third-order valence-electron chi connectivity index (χ3n) is 2.72. The van der Waals surface area contributed by atoms with Crippen LogP contribution < -0.4 is 0 Å². The molecule has 0 aliphatic rings. The number of thiazole rings is 1. The van der Waals surface area contributed by atoms with Gasteiger partial charge in [-0.3, -0.25) is 0 Å². The number of rotatable bonds is 2. The van der Waals surface area contributed by atoms with E-state index in [0.717, 1.165) is 27.4 Å². The molecular weight excluding hydrogens is 228 g/mol. The Balaban J connectivity index is 2.43. The Labute approximate surface area is 106 Å². The molecule has 0 fully saturated rings. The highest BCUT2D eigenvalue weighted by molar-refractivity contribution is 7.13. The molecular formula is C14H14N2S. The fourth-order valence-electron chi connectivity index (χ4n) is 1.56. The zero-order chi connectivity index (χ0) is 12.4. The normalized spacial score (nSPS) is 10.5. The first-order valence-corrected chi connectivity index (χ1v) is 6.46. The summed E-state index contributed by atoms with van der Waals surface area (Å²) in [6.45, 7) is 6.22. The first-order valence-electron chi connectivity index (χ1n) is 5.58. The molecule has 0 saturated carbocycles. The largest absolute Gasteiger partial charge is 0.241 e. The summed E-state index contributed by atoms with van der Waals surface area (Å²) >= 11 is 1.64. The van der Waals surface area contributed by atoms with Gasteiger partial charge in [-0.2, -0.15) is 5.26 Å². The fraction of sp³-hybridized carbons (Fsp3) is 0.286. The van der Waals surface area contributed by atoms with E-state index >= 15 is 0 Å². The average Bonchev–Trinajstić information content (AvgIpc) is 2.79. The van der Waals surface area contributed by atoms with Gasteiger partial charge in [0, 0.05) is 10.9 Å². The van der Waals surface area contributed by atoms with Gasteiger partial charge >= 0.3 is 0 Å². The van der Waals surface area contributed by atoms with Gasteiger partial charge in [-0.05, 0) is 24.5 Å². The lowest BCUT2D eigenvalue weighted by Gasteiger charge is -2.01.